The number of aromatic nitrogens is 3. The van der Waals surface area contributed by atoms with Crippen molar-refractivity contribution in [3.63, 3.8) is 0 Å². The average molecular weight is 403 g/mol. The lowest BCUT2D eigenvalue weighted by molar-refractivity contribution is 0.0996. The summed E-state index contributed by atoms with van der Waals surface area (Å²) in [5.41, 5.74) is 7.04. The third-order valence-electron chi connectivity index (χ3n) is 4.32. The van der Waals surface area contributed by atoms with Crippen LogP contribution in [0.5, 0.6) is 0 Å². The first kappa shape index (κ1) is 20.5. The predicted octanol–water partition coefficient (Wildman–Crippen LogP) is 3.95. The Kier molecular flexibility index (Phi) is 5.74. The first-order chi connectivity index (χ1) is 14.3. The van der Waals surface area contributed by atoms with Crippen molar-refractivity contribution in [2.75, 3.05) is 0 Å². The highest BCUT2D eigenvalue weighted by molar-refractivity contribution is 5.99. The summed E-state index contributed by atoms with van der Waals surface area (Å²) in [7, 11) is 0. The molecule has 3 heterocycles. The van der Waals surface area contributed by atoms with Crippen LogP contribution < -0.4 is 5.73 Å². The number of nitriles is 1. The lowest BCUT2D eigenvalue weighted by atomic mass is 10.0. The number of aliphatic hydroxyl groups excluding tert-OH is 1. The molecule has 0 aromatic carbocycles. The van der Waals surface area contributed by atoms with Crippen molar-refractivity contribution in [1.29, 1.82) is 5.26 Å². The van der Waals surface area contributed by atoms with Gasteiger partial charge in [-0.2, -0.15) is 5.26 Å². The number of carbonyl (C=O) groups excluding carboxylic acids is 1. The predicted molar refractivity (Wildman–Crippen MR) is 111 cm³/mol. The van der Waals surface area contributed by atoms with Crippen molar-refractivity contribution in [3.05, 3.63) is 82.8 Å². The summed E-state index contributed by atoms with van der Waals surface area (Å²) in [4.78, 5) is 20.1. The van der Waals surface area contributed by atoms with E-state index in [1.807, 2.05) is 0 Å². The zero-order valence-corrected chi connectivity index (χ0v) is 16.3. The summed E-state index contributed by atoms with van der Waals surface area (Å²) in [5, 5.41) is 19.7. The maximum atomic E-state index is 14.4. The Hall–Kier alpha value is -4.25. The van der Waals surface area contributed by atoms with E-state index < -0.39 is 11.7 Å². The van der Waals surface area contributed by atoms with E-state index in [9.17, 15) is 19.6 Å². The number of rotatable bonds is 5. The quantitative estimate of drug-likeness (QED) is 0.494. The SMILES string of the molecule is C/C=C(O)/C=C\C(C)=C\c1cc(C(N)=O)nc2c1c(C#N)cn2-c1ncccc1F. The minimum Gasteiger partial charge on any atom is -0.508 e. The number of aliphatic hydroxyl groups is 1. The Morgan fingerprint density at radius 2 is 2.17 bits per heavy atom. The molecule has 0 fully saturated rings. The summed E-state index contributed by atoms with van der Waals surface area (Å²) < 4.78 is 15.7. The second-order valence-electron chi connectivity index (χ2n) is 6.43. The molecule has 7 nitrogen and oxygen atoms in total. The second kappa shape index (κ2) is 8.41. The Bertz CT molecular complexity index is 1280. The molecule has 150 valence electrons. The van der Waals surface area contributed by atoms with Gasteiger partial charge in [0.25, 0.3) is 5.91 Å². The smallest absolute Gasteiger partial charge is 0.267 e. The highest BCUT2D eigenvalue weighted by Gasteiger charge is 2.19. The molecule has 0 radical (unpaired) electrons. The van der Waals surface area contributed by atoms with E-state index in [0.29, 0.717) is 10.9 Å². The van der Waals surface area contributed by atoms with Crippen molar-refractivity contribution in [2.24, 2.45) is 5.73 Å². The molecule has 0 spiro atoms. The molecule has 0 saturated carbocycles. The monoisotopic (exact) mass is 403 g/mol. The van der Waals surface area contributed by atoms with Gasteiger partial charge in [-0.25, -0.2) is 14.4 Å². The second-order valence-corrected chi connectivity index (χ2v) is 6.43. The molecular formula is C22H18FN5O2. The van der Waals surface area contributed by atoms with Gasteiger partial charge < -0.3 is 10.8 Å². The molecule has 0 atom stereocenters. The van der Waals surface area contributed by atoms with Gasteiger partial charge >= 0.3 is 0 Å². The molecule has 0 bridgehead atoms. The maximum Gasteiger partial charge on any atom is 0.267 e. The number of hydrogen-bond acceptors (Lipinski definition) is 5. The summed E-state index contributed by atoms with van der Waals surface area (Å²) in [6, 6.07) is 6.23. The van der Waals surface area contributed by atoms with E-state index in [2.05, 4.69) is 16.0 Å². The molecule has 0 saturated heterocycles. The Morgan fingerprint density at radius 3 is 2.80 bits per heavy atom. The van der Waals surface area contributed by atoms with Crippen LogP contribution in [0.25, 0.3) is 22.9 Å². The van der Waals surface area contributed by atoms with Crippen LogP contribution >= 0.6 is 0 Å². The van der Waals surface area contributed by atoms with Gasteiger partial charge in [-0.3, -0.25) is 9.36 Å². The van der Waals surface area contributed by atoms with E-state index in [1.165, 1.54) is 47.3 Å². The van der Waals surface area contributed by atoms with Crippen molar-refractivity contribution in [3.8, 4) is 11.9 Å². The van der Waals surface area contributed by atoms with Crippen LogP contribution in [0.2, 0.25) is 0 Å². The van der Waals surface area contributed by atoms with Gasteiger partial charge in [-0.15, -0.1) is 0 Å². The highest BCUT2D eigenvalue weighted by atomic mass is 19.1. The van der Waals surface area contributed by atoms with Gasteiger partial charge in [0.15, 0.2) is 11.6 Å². The van der Waals surface area contributed by atoms with E-state index in [-0.39, 0.29) is 28.5 Å². The van der Waals surface area contributed by atoms with Gasteiger partial charge in [0.1, 0.15) is 23.2 Å². The number of halogens is 1. The number of amides is 1. The molecule has 8 heteroatoms. The molecule has 30 heavy (non-hydrogen) atoms. The molecule has 0 unspecified atom stereocenters. The van der Waals surface area contributed by atoms with Gasteiger partial charge in [-0.05, 0) is 49.8 Å². The minimum atomic E-state index is -0.765. The third kappa shape index (κ3) is 3.95. The first-order valence-corrected chi connectivity index (χ1v) is 8.94. The number of hydrogen-bond donors (Lipinski definition) is 2. The number of pyridine rings is 2. The van der Waals surface area contributed by atoms with E-state index in [1.54, 1.807) is 26.0 Å². The van der Waals surface area contributed by atoms with Crippen LogP contribution in [-0.2, 0) is 0 Å². The lowest BCUT2D eigenvalue weighted by Crippen LogP contribution is -2.14. The first-order valence-electron chi connectivity index (χ1n) is 8.94. The lowest BCUT2D eigenvalue weighted by Gasteiger charge is -2.07. The van der Waals surface area contributed by atoms with Gasteiger partial charge in [0.2, 0.25) is 0 Å². The summed E-state index contributed by atoms with van der Waals surface area (Å²) in [6.07, 6.45) is 9.27. The Morgan fingerprint density at radius 1 is 1.40 bits per heavy atom. The number of allylic oxidation sites excluding steroid dienone is 4. The summed E-state index contributed by atoms with van der Waals surface area (Å²) in [6.45, 7) is 3.49. The highest BCUT2D eigenvalue weighted by Crippen LogP contribution is 2.29. The number of nitrogens with two attached hydrogens (primary N) is 1. The van der Waals surface area contributed by atoms with Crippen molar-refractivity contribution >= 4 is 23.0 Å². The number of carbonyl (C=O) groups is 1. The van der Waals surface area contributed by atoms with Crippen LogP contribution in [0.1, 0.15) is 35.5 Å². The van der Waals surface area contributed by atoms with Gasteiger partial charge in [0.05, 0.1) is 5.56 Å². The number of nitrogens with zero attached hydrogens (tertiary/aromatic N) is 4. The molecule has 0 aliphatic rings. The van der Waals surface area contributed by atoms with Crippen LogP contribution in [-0.4, -0.2) is 25.5 Å². The number of primary amides is 1. The maximum absolute atomic E-state index is 14.4. The fourth-order valence-electron chi connectivity index (χ4n) is 2.90. The molecule has 3 aromatic heterocycles. The van der Waals surface area contributed by atoms with E-state index in [4.69, 9.17) is 5.73 Å². The molecule has 3 rings (SSSR count). The molecule has 3 aromatic rings. The molecule has 1 amide bonds. The fraction of sp³-hybridized carbons (Fsp3) is 0.0909. The molecular weight excluding hydrogens is 385 g/mol. The topological polar surface area (TPSA) is 118 Å². The zero-order chi connectivity index (χ0) is 21.8. The largest absolute Gasteiger partial charge is 0.508 e. The third-order valence-corrected chi connectivity index (χ3v) is 4.32. The van der Waals surface area contributed by atoms with Crippen LogP contribution in [0.4, 0.5) is 4.39 Å². The molecule has 3 N–H and O–H groups in total. The Balaban J connectivity index is 2.33. The van der Waals surface area contributed by atoms with Crippen molar-refractivity contribution in [1.82, 2.24) is 14.5 Å². The van der Waals surface area contributed by atoms with Crippen LogP contribution in [0, 0.1) is 17.1 Å². The van der Waals surface area contributed by atoms with E-state index >= 15 is 0 Å². The fourth-order valence-corrected chi connectivity index (χ4v) is 2.90. The van der Waals surface area contributed by atoms with Crippen LogP contribution in [0.3, 0.4) is 0 Å². The molecule has 0 aliphatic heterocycles. The average Bonchev–Trinajstić information content (AvgIpc) is 3.11. The van der Waals surface area contributed by atoms with E-state index in [0.717, 1.165) is 5.57 Å². The van der Waals surface area contributed by atoms with Crippen molar-refractivity contribution in [2.45, 2.75) is 13.8 Å². The molecule has 0 aliphatic carbocycles. The standard InChI is InChI=1S/C22H18FN5O2/c1-3-16(29)7-6-13(2)9-14-10-18(20(25)30)27-22-19(14)15(11-24)12-28(22)21-17(23)5-4-8-26-21/h3-10,12,29H,1-2H3,(H2,25,30)/b7-6-,13-9+,16-3-. The van der Waals surface area contributed by atoms with Gasteiger partial charge in [0, 0.05) is 17.8 Å². The Labute approximate surface area is 171 Å². The summed E-state index contributed by atoms with van der Waals surface area (Å²) >= 11 is 0. The zero-order valence-electron chi connectivity index (χ0n) is 16.3. The van der Waals surface area contributed by atoms with Crippen LogP contribution in [0.15, 0.2) is 60.2 Å². The van der Waals surface area contributed by atoms with Crippen molar-refractivity contribution < 1.29 is 14.3 Å². The van der Waals surface area contributed by atoms with Gasteiger partial charge in [-0.1, -0.05) is 17.7 Å². The summed E-state index contributed by atoms with van der Waals surface area (Å²) in [5.74, 6) is -1.33. The minimum absolute atomic E-state index is 0.0398. The normalized spacial score (nSPS) is 12.5. The number of fused-ring (bicyclic) bond motifs is 1.